The van der Waals surface area contributed by atoms with Crippen LogP contribution in [0.1, 0.15) is 45.5 Å². The van der Waals surface area contributed by atoms with Gasteiger partial charge in [0.25, 0.3) is 0 Å². The summed E-state index contributed by atoms with van der Waals surface area (Å²) in [7, 11) is -2.23. The SMILES string of the molecule is COc1cc(C=NNC(=O)C2CCN(S(=O)(=O)c3c(C)cc(C)cc3C)CC2)ccc1OC(=O)c1ccc(Cl)cc1Cl. The minimum atomic E-state index is -3.66. The van der Waals surface area contributed by atoms with Crippen molar-refractivity contribution in [3.63, 3.8) is 0 Å². The van der Waals surface area contributed by atoms with Crippen LogP contribution in [0.4, 0.5) is 0 Å². The van der Waals surface area contributed by atoms with Gasteiger partial charge in [0.2, 0.25) is 15.9 Å². The van der Waals surface area contributed by atoms with Crippen LogP contribution in [0.3, 0.4) is 0 Å². The second-order valence-corrected chi connectivity index (χ2v) is 12.8. The number of esters is 1. The first-order valence-corrected chi connectivity index (χ1v) is 15.4. The van der Waals surface area contributed by atoms with Crippen molar-refractivity contribution in [2.45, 2.75) is 38.5 Å². The van der Waals surface area contributed by atoms with Gasteiger partial charge in [-0.1, -0.05) is 40.9 Å². The van der Waals surface area contributed by atoms with E-state index < -0.39 is 16.0 Å². The molecule has 0 aromatic heterocycles. The predicted octanol–water partition coefficient (Wildman–Crippen LogP) is 5.70. The molecule has 1 saturated heterocycles. The number of rotatable bonds is 8. The van der Waals surface area contributed by atoms with Gasteiger partial charge < -0.3 is 9.47 Å². The molecule has 1 N–H and O–H groups in total. The largest absolute Gasteiger partial charge is 0.493 e. The van der Waals surface area contributed by atoms with Crippen LogP contribution in [-0.2, 0) is 14.8 Å². The zero-order valence-electron chi connectivity index (χ0n) is 23.6. The van der Waals surface area contributed by atoms with Crippen molar-refractivity contribution in [3.8, 4) is 11.5 Å². The molecule has 3 aromatic rings. The topological polar surface area (TPSA) is 114 Å². The summed E-state index contributed by atoms with van der Waals surface area (Å²) in [6.07, 6.45) is 2.21. The van der Waals surface area contributed by atoms with Gasteiger partial charge in [0.05, 0.1) is 28.8 Å². The Morgan fingerprint density at radius 2 is 1.64 bits per heavy atom. The van der Waals surface area contributed by atoms with E-state index in [2.05, 4.69) is 10.5 Å². The van der Waals surface area contributed by atoms with E-state index in [9.17, 15) is 18.0 Å². The van der Waals surface area contributed by atoms with Gasteiger partial charge in [0, 0.05) is 24.0 Å². The van der Waals surface area contributed by atoms with Gasteiger partial charge in [-0.3, -0.25) is 4.79 Å². The molecule has 1 amide bonds. The standard InChI is InChI=1S/C30H31Cl2N3O6S/c1-18-13-19(2)28(20(3)14-18)42(38,39)35-11-9-22(10-12-35)29(36)34-33-17-21-5-8-26(27(15-21)40-4)41-30(37)24-7-6-23(31)16-25(24)32/h5-8,13-17,22H,9-12H2,1-4H3,(H,34,36). The number of hydrazone groups is 1. The third kappa shape index (κ3) is 7.12. The molecule has 4 rings (SSSR count). The Hall–Kier alpha value is -3.44. The lowest BCUT2D eigenvalue weighted by Gasteiger charge is -2.31. The number of carbonyl (C=O) groups excluding carboxylic acids is 2. The van der Waals surface area contributed by atoms with Crippen molar-refractivity contribution in [2.75, 3.05) is 20.2 Å². The maximum atomic E-state index is 13.3. The fourth-order valence-corrected chi connectivity index (χ4v) is 7.35. The average Bonchev–Trinajstić information content (AvgIpc) is 2.93. The molecule has 1 heterocycles. The molecule has 3 aromatic carbocycles. The summed E-state index contributed by atoms with van der Waals surface area (Å²) in [4.78, 5) is 25.7. The summed E-state index contributed by atoms with van der Waals surface area (Å²) in [6.45, 7) is 6.04. The summed E-state index contributed by atoms with van der Waals surface area (Å²) >= 11 is 12.0. The smallest absolute Gasteiger partial charge is 0.345 e. The number of amides is 1. The first-order chi connectivity index (χ1) is 19.9. The summed E-state index contributed by atoms with van der Waals surface area (Å²) in [5.74, 6) is -0.886. The zero-order valence-corrected chi connectivity index (χ0v) is 25.9. The summed E-state index contributed by atoms with van der Waals surface area (Å²) in [5, 5.41) is 4.60. The van der Waals surface area contributed by atoms with E-state index in [0.717, 1.165) is 16.7 Å². The second-order valence-electron chi connectivity index (χ2n) is 10.1. The highest BCUT2D eigenvalue weighted by Gasteiger charge is 2.33. The van der Waals surface area contributed by atoms with E-state index in [0.29, 0.717) is 28.3 Å². The molecular formula is C30H31Cl2N3O6S. The molecule has 0 unspecified atom stereocenters. The Morgan fingerprint density at radius 3 is 2.26 bits per heavy atom. The van der Waals surface area contributed by atoms with Crippen molar-refractivity contribution in [1.29, 1.82) is 0 Å². The Morgan fingerprint density at radius 1 is 0.976 bits per heavy atom. The molecule has 0 atom stereocenters. The summed E-state index contributed by atoms with van der Waals surface area (Å²) in [5.41, 5.74) is 5.72. The van der Waals surface area contributed by atoms with E-state index in [-0.39, 0.29) is 47.0 Å². The second kappa shape index (κ2) is 13.2. The van der Waals surface area contributed by atoms with Crippen molar-refractivity contribution < 1.29 is 27.5 Å². The van der Waals surface area contributed by atoms with E-state index in [1.165, 1.54) is 41.9 Å². The normalized spacial score (nSPS) is 14.6. The quantitative estimate of drug-likeness (QED) is 0.148. The predicted molar refractivity (Wildman–Crippen MR) is 162 cm³/mol. The first kappa shape index (κ1) is 31.5. The number of hydrogen-bond donors (Lipinski definition) is 1. The number of methoxy groups -OCH3 is 1. The fraction of sp³-hybridized carbons (Fsp3) is 0.300. The van der Waals surface area contributed by atoms with Gasteiger partial charge in [-0.2, -0.15) is 9.41 Å². The molecule has 1 aliphatic rings. The number of carbonyl (C=O) groups is 2. The van der Waals surface area contributed by atoms with E-state index in [4.69, 9.17) is 32.7 Å². The summed E-state index contributed by atoms with van der Waals surface area (Å²) in [6, 6.07) is 13.0. The van der Waals surface area contributed by atoms with Crippen molar-refractivity contribution in [1.82, 2.24) is 9.73 Å². The molecule has 1 aliphatic heterocycles. The van der Waals surface area contributed by atoms with Crippen LogP contribution in [0.15, 0.2) is 58.5 Å². The number of benzene rings is 3. The molecule has 42 heavy (non-hydrogen) atoms. The molecule has 0 bridgehead atoms. The molecule has 12 heteroatoms. The number of hydrogen-bond acceptors (Lipinski definition) is 7. The third-order valence-electron chi connectivity index (χ3n) is 6.96. The van der Waals surface area contributed by atoms with Crippen molar-refractivity contribution in [2.24, 2.45) is 11.0 Å². The van der Waals surface area contributed by atoms with Crippen molar-refractivity contribution in [3.05, 3.63) is 86.4 Å². The van der Waals surface area contributed by atoms with Gasteiger partial charge >= 0.3 is 5.97 Å². The molecular weight excluding hydrogens is 601 g/mol. The van der Waals surface area contributed by atoms with Crippen LogP contribution in [0, 0.1) is 26.7 Å². The highest BCUT2D eigenvalue weighted by atomic mass is 35.5. The Kier molecular flexibility index (Phi) is 9.93. The average molecular weight is 633 g/mol. The number of ether oxygens (including phenoxy) is 2. The molecule has 9 nitrogen and oxygen atoms in total. The monoisotopic (exact) mass is 631 g/mol. The molecule has 1 fully saturated rings. The van der Waals surface area contributed by atoms with Crippen LogP contribution < -0.4 is 14.9 Å². The van der Waals surface area contributed by atoms with Crippen LogP contribution in [0.5, 0.6) is 11.5 Å². The van der Waals surface area contributed by atoms with Crippen LogP contribution >= 0.6 is 23.2 Å². The van der Waals surface area contributed by atoms with E-state index >= 15 is 0 Å². The Bertz CT molecular complexity index is 1630. The van der Waals surface area contributed by atoms with Gasteiger partial charge in [-0.25, -0.2) is 18.6 Å². The number of nitrogens with one attached hydrogen (secondary N) is 1. The number of aryl methyl sites for hydroxylation is 3. The maximum absolute atomic E-state index is 13.3. The highest BCUT2D eigenvalue weighted by Crippen LogP contribution is 2.31. The minimum Gasteiger partial charge on any atom is -0.493 e. The Balaban J connectivity index is 1.34. The molecule has 0 spiro atoms. The van der Waals surface area contributed by atoms with Gasteiger partial charge in [-0.05, 0) is 86.7 Å². The molecule has 0 radical (unpaired) electrons. The minimum absolute atomic E-state index is 0.153. The van der Waals surface area contributed by atoms with E-state index in [1.54, 1.807) is 26.0 Å². The first-order valence-electron chi connectivity index (χ1n) is 13.2. The van der Waals surface area contributed by atoms with Crippen LogP contribution in [0.25, 0.3) is 0 Å². The summed E-state index contributed by atoms with van der Waals surface area (Å²) < 4.78 is 38.9. The number of nitrogens with zero attached hydrogens (tertiary/aromatic N) is 2. The van der Waals surface area contributed by atoms with Crippen LogP contribution in [-0.4, -0.2) is 51.0 Å². The molecule has 0 aliphatic carbocycles. The van der Waals surface area contributed by atoms with Gasteiger partial charge in [0.1, 0.15) is 0 Å². The number of sulfonamides is 1. The van der Waals surface area contributed by atoms with E-state index in [1.807, 2.05) is 19.1 Å². The zero-order chi connectivity index (χ0) is 30.6. The van der Waals surface area contributed by atoms with Crippen LogP contribution in [0.2, 0.25) is 10.0 Å². The molecule has 0 saturated carbocycles. The van der Waals surface area contributed by atoms with Crippen molar-refractivity contribution >= 4 is 51.3 Å². The lowest BCUT2D eigenvalue weighted by Crippen LogP contribution is -2.42. The third-order valence-corrected chi connectivity index (χ3v) is 9.71. The number of halogens is 2. The molecule has 222 valence electrons. The maximum Gasteiger partial charge on any atom is 0.345 e. The number of piperidine rings is 1. The lowest BCUT2D eigenvalue weighted by atomic mass is 9.98. The van der Waals surface area contributed by atoms with Gasteiger partial charge in [-0.15, -0.1) is 0 Å². The lowest BCUT2D eigenvalue weighted by molar-refractivity contribution is -0.126. The van der Waals surface area contributed by atoms with Gasteiger partial charge in [0.15, 0.2) is 11.5 Å². The highest BCUT2D eigenvalue weighted by molar-refractivity contribution is 7.89. The Labute approximate surface area is 255 Å². The fourth-order valence-electron chi connectivity index (χ4n) is 4.98.